The summed E-state index contributed by atoms with van der Waals surface area (Å²) < 4.78 is 13.6. The fourth-order valence-corrected chi connectivity index (χ4v) is 1.90. The Balaban J connectivity index is 2.16. The van der Waals surface area contributed by atoms with Crippen LogP contribution in [-0.4, -0.2) is 0 Å². The minimum atomic E-state index is -0.339. The molecule has 0 radical (unpaired) electrons. The van der Waals surface area contributed by atoms with Crippen molar-refractivity contribution in [2.45, 2.75) is 13.5 Å². The van der Waals surface area contributed by atoms with E-state index in [1.807, 2.05) is 13.0 Å². The van der Waals surface area contributed by atoms with E-state index in [1.54, 1.807) is 24.3 Å². The van der Waals surface area contributed by atoms with Gasteiger partial charge in [-0.3, -0.25) is 0 Å². The van der Waals surface area contributed by atoms with E-state index in [1.165, 1.54) is 6.07 Å². The normalized spacial score (nSPS) is 10.0. The molecule has 0 aliphatic heterocycles. The second-order valence-corrected chi connectivity index (χ2v) is 4.67. The minimum Gasteiger partial charge on any atom is -0.381 e. The lowest BCUT2D eigenvalue weighted by molar-refractivity contribution is 0.613. The molecule has 0 aromatic heterocycles. The molecule has 2 aromatic carbocycles. The van der Waals surface area contributed by atoms with Crippen molar-refractivity contribution in [3.05, 3.63) is 63.9 Å². The molecule has 0 aliphatic carbocycles. The third-order valence-corrected chi connectivity index (χ3v) is 3.09. The van der Waals surface area contributed by atoms with Gasteiger partial charge in [0.1, 0.15) is 5.82 Å². The third kappa shape index (κ3) is 3.24. The molecule has 0 heterocycles. The van der Waals surface area contributed by atoms with E-state index in [2.05, 4.69) is 11.4 Å². The zero-order valence-corrected chi connectivity index (χ0v) is 11.1. The molecule has 1 N–H and O–H groups in total. The number of nitrogens with zero attached hydrogens (tertiary/aromatic N) is 1. The van der Waals surface area contributed by atoms with Crippen molar-refractivity contribution < 1.29 is 4.39 Å². The van der Waals surface area contributed by atoms with Crippen molar-refractivity contribution in [1.82, 2.24) is 0 Å². The maximum absolute atomic E-state index is 13.6. The van der Waals surface area contributed by atoms with Crippen LogP contribution in [0.1, 0.15) is 16.7 Å². The van der Waals surface area contributed by atoms with E-state index >= 15 is 0 Å². The molecule has 0 unspecified atom stereocenters. The van der Waals surface area contributed by atoms with Gasteiger partial charge in [-0.05, 0) is 36.8 Å². The smallest absolute Gasteiger partial charge is 0.129 e. The number of aryl methyl sites for hydroxylation is 1. The molecule has 0 aliphatic rings. The molecule has 2 nitrogen and oxygen atoms in total. The van der Waals surface area contributed by atoms with Crippen LogP contribution in [0.5, 0.6) is 0 Å². The van der Waals surface area contributed by atoms with E-state index in [0.29, 0.717) is 22.7 Å². The van der Waals surface area contributed by atoms with Crippen molar-refractivity contribution in [2.75, 3.05) is 5.32 Å². The van der Waals surface area contributed by atoms with Crippen molar-refractivity contribution in [2.24, 2.45) is 0 Å². The molecule has 4 heteroatoms. The van der Waals surface area contributed by atoms with E-state index in [-0.39, 0.29) is 5.82 Å². The van der Waals surface area contributed by atoms with Gasteiger partial charge in [0.2, 0.25) is 0 Å². The molecule has 2 rings (SSSR count). The largest absolute Gasteiger partial charge is 0.381 e. The van der Waals surface area contributed by atoms with Crippen LogP contribution < -0.4 is 5.32 Å². The monoisotopic (exact) mass is 274 g/mol. The van der Waals surface area contributed by atoms with Gasteiger partial charge in [-0.15, -0.1) is 0 Å². The van der Waals surface area contributed by atoms with Crippen molar-refractivity contribution in [3.8, 4) is 6.07 Å². The van der Waals surface area contributed by atoms with E-state index < -0.39 is 0 Å². The number of benzene rings is 2. The Labute approximate surface area is 116 Å². The summed E-state index contributed by atoms with van der Waals surface area (Å²) in [6.07, 6.45) is 0. The van der Waals surface area contributed by atoms with Gasteiger partial charge in [-0.2, -0.15) is 5.26 Å². The highest BCUT2D eigenvalue weighted by Crippen LogP contribution is 2.19. The van der Waals surface area contributed by atoms with Crippen LogP contribution in [0.2, 0.25) is 5.02 Å². The summed E-state index contributed by atoms with van der Waals surface area (Å²) in [6, 6.07) is 12.0. The number of halogens is 2. The molecule has 0 bridgehead atoms. The second kappa shape index (κ2) is 5.73. The highest BCUT2D eigenvalue weighted by Gasteiger charge is 2.04. The van der Waals surface area contributed by atoms with Crippen LogP contribution in [0, 0.1) is 24.1 Å². The molecule has 96 valence electrons. The number of anilines is 1. The summed E-state index contributed by atoms with van der Waals surface area (Å²) in [5.41, 5.74) is 2.94. The molecule has 0 fully saturated rings. The van der Waals surface area contributed by atoms with Gasteiger partial charge in [-0.1, -0.05) is 23.7 Å². The number of hydrogen-bond acceptors (Lipinski definition) is 2. The standard InChI is InChI=1S/C15H12ClFN2/c1-10-2-3-11(8-18)6-15(10)19-9-12-4-5-13(16)7-14(12)17/h2-7,19H,9H2,1H3. The molecule has 0 atom stereocenters. The molecule has 19 heavy (non-hydrogen) atoms. The van der Waals surface area contributed by atoms with Gasteiger partial charge in [0.15, 0.2) is 0 Å². The maximum atomic E-state index is 13.6. The Morgan fingerprint density at radius 2 is 2.05 bits per heavy atom. The SMILES string of the molecule is Cc1ccc(C#N)cc1NCc1ccc(Cl)cc1F. The van der Waals surface area contributed by atoms with Crippen LogP contribution >= 0.6 is 11.6 Å². The number of nitrogens with one attached hydrogen (secondary N) is 1. The summed E-state index contributed by atoms with van der Waals surface area (Å²) in [7, 11) is 0. The van der Waals surface area contributed by atoms with E-state index in [4.69, 9.17) is 16.9 Å². The first kappa shape index (κ1) is 13.4. The minimum absolute atomic E-state index is 0.339. The fourth-order valence-electron chi connectivity index (χ4n) is 1.74. The predicted octanol–water partition coefficient (Wildman–Crippen LogP) is 4.27. The Hall–Kier alpha value is -2.05. The Bertz CT molecular complexity index is 647. The van der Waals surface area contributed by atoms with E-state index in [9.17, 15) is 4.39 Å². The Morgan fingerprint density at radius 3 is 2.74 bits per heavy atom. The molecule has 0 saturated heterocycles. The lowest BCUT2D eigenvalue weighted by Gasteiger charge is -2.10. The van der Waals surface area contributed by atoms with Gasteiger partial charge in [0.05, 0.1) is 11.6 Å². The first-order valence-electron chi connectivity index (χ1n) is 5.78. The van der Waals surface area contributed by atoms with Crippen LogP contribution in [-0.2, 0) is 6.54 Å². The second-order valence-electron chi connectivity index (χ2n) is 4.23. The lowest BCUT2D eigenvalue weighted by Crippen LogP contribution is -2.03. The number of hydrogen-bond donors (Lipinski definition) is 1. The first-order chi connectivity index (χ1) is 9.10. The summed E-state index contributed by atoms with van der Waals surface area (Å²) in [6.45, 7) is 2.28. The van der Waals surface area contributed by atoms with Gasteiger partial charge < -0.3 is 5.32 Å². The van der Waals surface area contributed by atoms with Crippen molar-refractivity contribution >= 4 is 17.3 Å². The van der Waals surface area contributed by atoms with Crippen LogP contribution in [0.15, 0.2) is 36.4 Å². The maximum Gasteiger partial charge on any atom is 0.129 e. The Morgan fingerprint density at radius 1 is 1.26 bits per heavy atom. The van der Waals surface area contributed by atoms with Gasteiger partial charge in [0.25, 0.3) is 0 Å². The number of nitriles is 1. The van der Waals surface area contributed by atoms with Gasteiger partial charge in [0, 0.05) is 22.8 Å². The van der Waals surface area contributed by atoms with Crippen LogP contribution in [0.4, 0.5) is 10.1 Å². The van der Waals surface area contributed by atoms with Crippen LogP contribution in [0.25, 0.3) is 0 Å². The summed E-state index contributed by atoms with van der Waals surface area (Å²) in [5.74, 6) is -0.339. The summed E-state index contributed by atoms with van der Waals surface area (Å²) in [4.78, 5) is 0. The molecule has 0 amide bonds. The lowest BCUT2D eigenvalue weighted by atomic mass is 10.1. The molecular formula is C15H12ClFN2. The molecule has 0 saturated carbocycles. The fraction of sp³-hybridized carbons (Fsp3) is 0.133. The molecular weight excluding hydrogens is 263 g/mol. The van der Waals surface area contributed by atoms with Gasteiger partial charge in [-0.25, -0.2) is 4.39 Å². The zero-order valence-electron chi connectivity index (χ0n) is 10.4. The third-order valence-electron chi connectivity index (χ3n) is 2.85. The van der Waals surface area contributed by atoms with E-state index in [0.717, 1.165) is 11.3 Å². The zero-order chi connectivity index (χ0) is 13.8. The van der Waals surface area contributed by atoms with Crippen molar-refractivity contribution in [1.29, 1.82) is 5.26 Å². The van der Waals surface area contributed by atoms with Crippen LogP contribution in [0.3, 0.4) is 0 Å². The first-order valence-corrected chi connectivity index (χ1v) is 6.16. The average Bonchev–Trinajstić information content (AvgIpc) is 2.39. The highest BCUT2D eigenvalue weighted by molar-refractivity contribution is 6.30. The Kier molecular flexibility index (Phi) is 4.03. The summed E-state index contributed by atoms with van der Waals surface area (Å²) >= 11 is 5.70. The highest BCUT2D eigenvalue weighted by atomic mass is 35.5. The molecule has 2 aromatic rings. The number of rotatable bonds is 3. The predicted molar refractivity (Wildman–Crippen MR) is 74.6 cm³/mol. The summed E-state index contributed by atoms with van der Waals surface area (Å²) in [5, 5.41) is 12.4. The average molecular weight is 275 g/mol. The topological polar surface area (TPSA) is 35.8 Å². The quantitative estimate of drug-likeness (QED) is 0.907. The van der Waals surface area contributed by atoms with Gasteiger partial charge >= 0.3 is 0 Å². The van der Waals surface area contributed by atoms with Crippen molar-refractivity contribution in [3.63, 3.8) is 0 Å². The molecule has 0 spiro atoms.